The highest BCUT2D eigenvalue weighted by molar-refractivity contribution is 6.06. The molecule has 0 aliphatic carbocycles. The van der Waals surface area contributed by atoms with Crippen LogP contribution in [0.3, 0.4) is 0 Å². The van der Waals surface area contributed by atoms with Crippen molar-refractivity contribution in [3.8, 4) is 0 Å². The molecule has 0 saturated heterocycles. The molecule has 6 nitrogen and oxygen atoms in total. The molecule has 20 heavy (non-hydrogen) atoms. The first-order valence-corrected chi connectivity index (χ1v) is 6.18. The number of nitrogens with zero attached hydrogens (tertiary/aromatic N) is 1. The van der Waals surface area contributed by atoms with Gasteiger partial charge >= 0.3 is 0 Å². The molecule has 0 bridgehead atoms. The fraction of sp³-hybridized carbons (Fsp3) is 0.214. The predicted molar refractivity (Wildman–Crippen MR) is 75.4 cm³/mol. The average Bonchev–Trinajstić information content (AvgIpc) is 2.71. The molecular weight excluding hydrogens is 256 g/mol. The first-order valence-electron chi connectivity index (χ1n) is 6.18. The number of carbonyl (C=O) groups excluding carboxylic acids is 2. The Balaban J connectivity index is 2.26. The average molecular weight is 272 g/mol. The molecule has 4 N–H and O–H groups in total. The summed E-state index contributed by atoms with van der Waals surface area (Å²) in [5, 5.41) is 9.55. The minimum absolute atomic E-state index is 0.0831. The SMILES string of the molecule is Cc1n[nH]c(C)c1C(=O)Nc1ccccc1CC(N)=O. The van der Waals surface area contributed by atoms with Gasteiger partial charge in [0.2, 0.25) is 5.91 Å². The van der Waals surface area contributed by atoms with Crippen LogP contribution in [0, 0.1) is 13.8 Å². The Morgan fingerprint density at radius 2 is 2.00 bits per heavy atom. The van der Waals surface area contributed by atoms with Gasteiger partial charge in [0, 0.05) is 11.4 Å². The fourth-order valence-corrected chi connectivity index (χ4v) is 2.05. The molecule has 2 aromatic rings. The molecule has 0 fully saturated rings. The molecule has 0 atom stereocenters. The Bertz CT molecular complexity index is 641. The Morgan fingerprint density at radius 1 is 1.30 bits per heavy atom. The Kier molecular flexibility index (Phi) is 3.84. The van der Waals surface area contributed by atoms with E-state index in [1.807, 2.05) is 0 Å². The number of aryl methyl sites for hydroxylation is 2. The lowest BCUT2D eigenvalue weighted by Gasteiger charge is -2.10. The molecule has 0 unspecified atom stereocenters. The second-order valence-electron chi connectivity index (χ2n) is 4.56. The largest absolute Gasteiger partial charge is 0.369 e. The van der Waals surface area contributed by atoms with Crippen LogP contribution in [0.2, 0.25) is 0 Å². The third-order valence-corrected chi connectivity index (χ3v) is 2.99. The van der Waals surface area contributed by atoms with Gasteiger partial charge in [-0.2, -0.15) is 5.10 Å². The van der Waals surface area contributed by atoms with Gasteiger partial charge in [0.25, 0.3) is 5.91 Å². The lowest BCUT2D eigenvalue weighted by Crippen LogP contribution is -2.18. The molecule has 0 saturated carbocycles. The summed E-state index contributed by atoms with van der Waals surface area (Å²) in [5.41, 5.74) is 8.31. The number of para-hydroxylation sites is 1. The van der Waals surface area contributed by atoms with E-state index < -0.39 is 5.91 Å². The van der Waals surface area contributed by atoms with Crippen molar-refractivity contribution in [3.63, 3.8) is 0 Å². The van der Waals surface area contributed by atoms with Crippen LogP contribution < -0.4 is 11.1 Å². The molecule has 0 radical (unpaired) electrons. The number of amides is 2. The summed E-state index contributed by atoms with van der Waals surface area (Å²) >= 11 is 0. The topological polar surface area (TPSA) is 101 Å². The standard InChI is InChI=1S/C14H16N4O2/c1-8-13(9(2)18-17-8)14(20)16-11-6-4-3-5-10(11)7-12(15)19/h3-6H,7H2,1-2H3,(H2,15,19)(H,16,20)(H,17,18). The van der Waals surface area contributed by atoms with E-state index in [0.717, 1.165) is 0 Å². The molecule has 1 aromatic heterocycles. The predicted octanol–water partition coefficient (Wildman–Crippen LogP) is 1.31. The van der Waals surface area contributed by atoms with E-state index in [0.29, 0.717) is 28.2 Å². The summed E-state index contributed by atoms with van der Waals surface area (Å²) < 4.78 is 0. The molecule has 104 valence electrons. The third-order valence-electron chi connectivity index (χ3n) is 2.99. The van der Waals surface area contributed by atoms with Crippen LogP contribution in [0.1, 0.15) is 27.3 Å². The van der Waals surface area contributed by atoms with Crippen LogP contribution in [-0.4, -0.2) is 22.0 Å². The molecule has 2 amide bonds. The molecule has 1 aromatic carbocycles. The number of hydrogen-bond acceptors (Lipinski definition) is 3. The van der Waals surface area contributed by atoms with Crippen molar-refractivity contribution in [1.82, 2.24) is 10.2 Å². The number of hydrogen-bond donors (Lipinski definition) is 3. The van der Waals surface area contributed by atoms with Gasteiger partial charge in [-0.1, -0.05) is 18.2 Å². The lowest BCUT2D eigenvalue weighted by molar-refractivity contribution is -0.117. The molecule has 0 aliphatic rings. The second-order valence-corrected chi connectivity index (χ2v) is 4.56. The number of benzene rings is 1. The van der Waals surface area contributed by atoms with Crippen LogP contribution in [-0.2, 0) is 11.2 Å². The summed E-state index contributed by atoms with van der Waals surface area (Å²) in [6.45, 7) is 3.54. The number of primary amides is 1. The van der Waals surface area contributed by atoms with Crippen molar-refractivity contribution < 1.29 is 9.59 Å². The van der Waals surface area contributed by atoms with Crippen molar-refractivity contribution in [1.29, 1.82) is 0 Å². The highest BCUT2D eigenvalue weighted by atomic mass is 16.2. The van der Waals surface area contributed by atoms with Crippen molar-refractivity contribution in [2.75, 3.05) is 5.32 Å². The Labute approximate surface area is 116 Å². The first kappa shape index (κ1) is 13.8. The summed E-state index contributed by atoms with van der Waals surface area (Å²) in [5.74, 6) is -0.701. The minimum atomic E-state index is -0.442. The van der Waals surface area contributed by atoms with E-state index in [1.54, 1.807) is 38.1 Å². The molecule has 0 aliphatic heterocycles. The summed E-state index contributed by atoms with van der Waals surface area (Å²) in [6, 6.07) is 7.08. The quantitative estimate of drug-likeness (QED) is 0.782. The van der Waals surface area contributed by atoms with Crippen molar-refractivity contribution >= 4 is 17.5 Å². The maximum absolute atomic E-state index is 12.3. The number of H-pyrrole nitrogens is 1. The maximum Gasteiger partial charge on any atom is 0.259 e. The highest BCUT2D eigenvalue weighted by Crippen LogP contribution is 2.18. The van der Waals surface area contributed by atoms with Crippen LogP contribution in [0.25, 0.3) is 0 Å². The molecule has 2 rings (SSSR count). The minimum Gasteiger partial charge on any atom is -0.369 e. The van der Waals surface area contributed by atoms with Crippen molar-refractivity contribution in [3.05, 3.63) is 46.8 Å². The normalized spacial score (nSPS) is 10.3. The molecule has 6 heteroatoms. The summed E-state index contributed by atoms with van der Waals surface area (Å²) in [4.78, 5) is 23.3. The van der Waals surface area contributed by atoms with E-state index in [2.05, 4.69) is 15.5 Å². The van der Waals surface area contributed by atoms with Crippen molar-refractivity contribution in [2.24, 2.45) is 5.73 Å². The van der Waals surface area contributed by atoms with E-state index in [1.165, 1.54) is 0 Å². The van der Waals surface area contributed by atoms with Crippen LogP contribution in [0.15, 0.2) is 24.3 Å². The highest BCUT2D eigenvalue weighted by Gasteiger charge is 2.16. The monoisotopic (exact) mass is 272 g/mol. The van der Waals surface area contributed by atoms with Gasteiger partial charge < -0.3 is 11.1 Å². The van der Waals surface area contributed by atoms with E-state index in [-0.39, 0.29) is 12.3 Å². The summed E-state index contributed by atoms with van der Waals surface area (Å²) in [6.07, 6.45) is 0.0831. The molecule has 0 spiro atoms. The summed E-state index contributed by atoms with van der Waals surface area (Å²) in [7, 11) is 0. The smallest absolute Gasteiger partial charge is 0.259 e. The van der Waals surface area contributed by atoms with E-state index in [4.69, 9.17) is 5.73 Å². The molecular formula is C14H16N4O2. The second kappa shape index (κ2) is 5.56. The number of nitrogens with one attached hydrogen (secondary N) is 2. The third kappa shape index (κ3) is 2.85. The zero-order valence-corrected chi connectivity index (χ0v) is 11.4. The van der Waals surface area contributed by atoms with Gasteiger partial charge in [0.05, 0.1) is 17.7 Å². The van der Waals surface area contributed by atoms with Gasteiger partial charge in [0.15, 0.2) is 0 Å². The van der Waals surface area contributed by atoms with Gasteiger partial charge in [0.1, 0.15) is 0 Å². The number of aromatic amines is 1. The van der Waals surface area contributed by atoms with Crippen LogP contribution >= 0.6 is 0 Å². The molecule has 1 heterocycles. The van der Waals surface area contributed by atoms with Crippen LogP contribution in [0.4, 0.5) is 5.69 Å². The number of carbonyl (C=O) groups is 2. The Hall–Kier alpha value is -2.63. The maximum atomic E-state index is 12.3. The Morgan fingerprint density at radius 3 is 2.60 bits per heavy atom. The number of anilines is 1. The van der Waals surface area contributed by atoms with Gasteiger partial charge in [-0.3, -0.25) is 14.7 Å². The number of nitrogens with two attached hydrogens (primary N) is 1. The zero-order chi connectivity index (χ0) is 14.7. The zero-order valence-electron chi connectivity index (χ0n) is 11.4. The van der Waals surface area contributed by atoms with Gasteiger partial charge in [-0.25, -0.2) is 0 Å². The number of rotatable bonds is 4. The lowest BCUT2D eigenvalue weighted by atomic mass is 10.1. The first-order chi connectivity index (χ1) is 9.49. The van der Waals surface area contributed by atoms with Gasteiger partial charge in [-0.05, 0) is 25.5 Å². The number of aromatic nitrogens is 2. The fourth-order valence-electron chi connectivity index (χ4n) is 2.05. The van der Waals surface area contributed by atoms with Gasteiger partial charge in [-0.15, -0.1) is 0 Å². The van der Waals surface area contributed by atoms with Crippen molar-refractivity contribution in [2.45, 2.75) is 20.3 Å². The van der Waals surface area contributed by atoms with Crippen LogP contribution in [0.5, 0.6) is 0 Å². The van der Waals surface area contributed by atoms with E-state index >= 15 is 0 Å². The van der Waals surface area contributed by atoms with E-state index in [9.17, 15) is 9.59 Å².